The minimum absolute atomic E-state index is 0.0550. The van der Waals surface area contributed by atoms with Crippen molar-refractivity contribution in [3.8, 4) is 5.75 Å². The van der Waals surface area contributed by atoms with Crippen LogP contribution in [0.5, 0.6) is 5.75 Å². The van der Waals surface area contributed by atoms with Crippen molar-refractivity contribution in [1.29, 1.82) is 0 Å². The zero-order valence-corrected chi connectivity index (χ0v) is 12.8. The van der Waals surface area contributed by atoms with Gasteiger partial charge in [0.25, 0.3) is 5.91 Å². The maximum atomic E-state index is 13.4. The van der Waals surface area contributed by atoms with E-state index >= 15 is 0 Å². The fraction of sp³-hybridized carbons (Fsp3) is 0.176. The minimum atomic E-state index is -1.02. The number of ether oxygens (including phenoxy) is 1. The van der Waals surface area contributed by atoms with Crippen molar-refractivity contribution in [3.63, 3.8) is 0 Å². The first kappa shape index (κ1) is 16.6. The van der Waals surface area contributed by atoms with E-state index in [1.807, 2.05) is 26.0 Å². The molecule has 1 amide bonds. The summed E-state index contributed by atoms with van der Waals surface area (Å²) in [6.07, 6.45) is 1.04. The van der Waals surface area contributed by atoms with Gasteiger partial charge in [-0.3, -0.25) is 4.79 Å². The van der Waals surface area contributed by atoms with Gasteiger partial charge >= 0.3 is 0 Å². The predicted octanol–water partition coefficient (Wildman–Crippen LogP) is 3.11. The largest absolute Gasteiger partial charge is 0.483 e. The van der Waals surface area contributed by atoms with E-state index < -0.39 is 17.5 Å². The Balaban J connectivity index is 1.87. The first-order chi connectivity index (χ1) is 11.0. The maximum Gasteiger partial charge on any atom is 0.277 e. The van der Waals surface area contributed by atoms with Crippen molar-refractivity contribution >= 4 is 12.1 Å². The summed E-state index contributed by atoms with van der Waals surface area (Å²) >= 11 is 0. The van der Waals surface area contributed by atoms with Gasteiger partial charge in [0.05, 0.1) is 6.21 Å². The lowest BCUT2D eigenvalue weighted by Gasteiger charge is -2.08. The quantitative estimate of drug-likeness (QED) is 0.680. The number of aryl methyl sites for hydroxylation is 2. The third-order valence-electron chi connectivity index (χ3n) is 3.06. The molecule has 0 aromatic heterocycles. The zero-order valence-electron chi connectivity index (χ0n) is 12.8. The van der Waals surface area contributed by atoms with Gasteiger partial charge in [-0.2, -0.15) is 5.10 Å². The zero-order chi connectivity index (χ0) is 16.8. The standard InChI is InChI=1S/C17H16F2N2O2/c1-11-6-7-15(12(2)8-11)23-10-16(22)21-20-9-13-4-3-5-14(18)17(13)19/h3-9H,10H2,1-2H3,(H,21,22). The number of hydrogen-bond donors (Lipinski definition) is 1. The average Bonchev–Trinajstić information content (AvgIpc) is 2.50. The molecule has 0 radical (unpaired) electrons. The Morgan fingerprint density at radius 3 is 2.78 bits per heavy atom. The van der Waals surface area contributed by atoms with Crippen LogP contribution in [0.3, 0.4) is 0 Å². The molecule has 2 aromatic rings. The number of hydrogen-bond acceptors (Lipinski definition) is 3. The molecule has 0 aliphatic carbocycles. The van der Waals surface area contributed by atoms with Crippen LogP contribution in [0.15, 0.2) is 41.5 Å². The van der Waals surface area contributed by atoms with Crippen molar-refractivity contribution in [3.05, 3.63) is 64.7 Å². The van der Waals surface area contributed by atoms with Crippen molar-refractivity contribution in [2.24, 2.45) is 5.10 Å². The lowest BCUT2D eigenvalue weighted by atomic mass is 10.1. The van der Waals surface area contributed by atoms with Crippen LogP contribution in [0.1, 0.15) is 16.7 Å². The molecule has 0 unspecified atom stereocenters. The number of carbonyl (C=O) groups excluding carboxylic acids is 1. The molecule has 0 heterocycles. The lowest BCUT2D eigenvalue weighted by molar-refractivity contribution is -0.123. The van der Waals surface area contributed by atoms with Crippen LogP contribution in [0.25, 0.3) is 0 Å². The molecule has 0 saturated carbocycles. The summed E-state index contributed by atoms with van der Waals surface area (Å²) in [6.45, 7) is 3.61. The van der Waals surface area contributed by atoms with Crippen LogP contribution in [0.2, 0.25) is 0 Å². The molecule has 0 atom stereocenters. The molecule has 0 saturated heterocycles. The van der Waals surface area contributed by atoms with E-state index in [1.54, 1.807) is 6.07 Å². The molecule has 0 bridgehead atoms. The summed E-state index contributed by atoms with van der Waals surface area (Å²) in [4.78, 5) is 11.6. The molecule has 0 aliphatic rings. The third kappa shape index (κ3) is 4.60. The van der Waals surface area contributed by atoms with Gasteiger partial charge in [-0.15, -0.1) is 0 Å². The van der Waals surface area contributed by atoms with Crippen LogP contribution in [0, 0.1) is 25.5 Å². The molecule has 0 spiro atoms. The smallest absolute Gasteiger partial charge is 0.277 e. The Bertz CT molecular complexity index is 745. The van der Waals surface area contributed by atoms with Gasteiger partial charge in [-0.25, -0.2) is 14.2 Å². The predicted molar refractivity (Wildman–Crippen MR) is 83.5 cm³/mol. The Morgan fingerprint density at radius 1 is 1.26 bits per heavy atom. The number of hydrazone groups is 1. The van der Waals surface area contributed by atoms with Crippen LogP contribution in [-0.2, 0) is 4.79 Å². The van der Waals surface area contributed by atoms with Gasteiger partial charge in [0, 0.05) is 5.56 Å². The number of nitrogens with one attached hydrogen (secondary N) is 1. The highest BCUT2D eigenvalue weighted by atomic mass is 19.2. The maximum absolute atomic E-state index is 13.4. The fourth-order valence-corrected chi connectivity index (χ4v) is 1.93. The van der Waals surface area contributed by atoms with E-state index in [4.69, 9.17) is 4.74 Å². The SMILES string of the molecule is Cc1ccc(OCC(=O)NN=Cc2cccc(F)c2F)c(C)c1. The van der Waals surface area contributed by atoms with Crippen LogP contribution in [0.4, 0.5) is 8.78 Å². The minimum Gasteiger partial charge on any atom is -0.483 e. The van der Waals surface area contributed by atoms with E-state index in [0.29, 0.717) is 5.75 Å². The summed E-state index contributed by atoms with van der Waals surface area (Å²) in [6, 6.07) is 9.31. The Labute approximate surface area is 132 Å². The average molecular weight is 318 g/mol. The van der Waals surface area contributed by atoms with Crippen molar-refractivity contribution in [2.75, 3.05) is 6.61 Å². The Morgan fingerprint density at radius 2 is 2.04 bits per heavy atom. The van der Waals surface area contributed by atoms with E-state index in [1.165, 1.54) is 12.1 Å². The molecule has 2 rings (SSSR count). The van der Waals surface area contributed by atoms with Crippen LogP contribution in [-0.4, -0.2) is 18.7 Å². The van der Waals surface area contributed by atoms with Gasteiger partial charge in [0.1, 0.15) is 5.75 Å². The molecule has 0 fully saturated rings. The molecule has 6 heteroatoms. The Hall–Kier alpha value is -2.76. The summed E-state index contributed by atoms with van der Waals surface area (Å²) in [5.41, 5.74) is 4.16. The second-order valence-electron chi connectivity index (χ2n) is 4.99. The molecule has 23 heavy (non-hydrogen) atoms. The first-order valence-corrected chi connectivity index (χ1v) is 6.93. The number of nitrogens with zero attached hydrogens (tertiary/aromatic N) is 1. The Kier molecular flexibility index (Phi) is 5.41. The molecular formula is C17H16F2N2O2. The topological polar surface area (TPSA) is 50.7 Å². The molecule has 1 N–H and O–H groups in total. The lowest BCUT2D eigenvalue weighted by Crippen LogP contribution is -2.24. The van der Waals surface area contributed by atoms with Gasteiger partial charge in [0.15, 0.2) is 18.2 Å². The second kappa shape index (κ2) is 7.49. The molecule has 2 aromatic carbocycles. The monoisotopic (exact) mass is 318 g/mol. The second-order valence-corrected chi connectivity index (χ2v) is 4.99. The highest BCUT2D eigenvalue weighted by molar-refractivity contribution is 5.83. The molecular weight excluding hydrogens is 302 g/mol. The highest BCUT2D eigenvalue weighted by Gasteiger charge is 2.06. The van der Waals surface area contributed by atoms with Crippen LogP contribution < -0.4 is 10.2 Å². The van der Waals surface area contributed by atoms with Gasteiger partial charge in [0.2, 0.25) is 0 Å². The van der Waals surface area contributed by atoms with E-state index in [2.05, 4.69) is 10.5 Å². The van der Waals surface area contributed by atoms with E-state index in [9.17, 15) is 13.6 Å². The summed E-state index contributed by atoms with van der Waals surface area (Å²) < 4.78 is 31.7. The van der Waals surface area contributed by atoms with Gasteiger partial charge < -0.3 is 4.74 Å². The van der Waals surface area contributed by atoms with Crippen molar-refractivity contribution < 1.29 is 18.3 Å². The molecule has 120 valence electrons. The summed E-state index contributed by atoms with van der Waals surface area (Å²) in [7, 11) is 0. The number of benzene rings is 2. The first-order valence-electron chi connectivity index (χ1n) is 6.93. The number of amides is 1. The summed E-state index contributed by atoms with van der Waals surface area (Å²) in [5, 5.41) is 3.58. The van der Waals surface area contributed by atoms with Crippen LogP contribution >= 0.6 is 0 Å². The van der Waals surface area contributed by atoms with Gasteiger partial charge in [-0.1, -0.05) is 29.8 Å². The number of carbonyl (C=O) groups is 1. The number of halogens is 2. The normalized spacial score (nSPS) is 10.8. The summed E-state index contributed by atoms with van der Waals surface area (Å²) in [5.74, 6) is -1.89. The number of rotatable bonds is 5. The van der Waals surface area contributed by atoms with Crippen molar-refractivity contribution in [2.45, 2.75) is 13.8 Å². The highest BCUT2D eigenvalue weighted by Crippen LogP contribution is 2.18. The van der Waals surface area contributed by atoms with E-state index in [0.717, 1.165) is 23.4 Å². The fourth-order valence-electron chi connectivity index (χ4n) is 1.93. The molecule has 0 aliphatic heterocycles. The van der Waals surface area contributed by atoms with Crippen molar-refractivity contribution in [1.82, 2.24) is 5.43 Å². The third-order valence-corrected chi connectivity index (χ3v) is 3.06. The van der Waals surface area contributed by atoms with Gasteiger partial charge in [-0.05, 0) is 31.5 Å². The molecule has 4 nitrogen and oxygen atoms in total. The van der Waals surface area contributed by atoms with E-state index in [-0.39, 0.29) is 12.2 Å².